The molecule has 2 aliphatic rings. The molecule has 40 heavy (non-hydrogen) atoms. The Morgan fingerprint density at radius 3 is 2.25 bits per heavy atom. The number of piperidine rings is 1. The molecule has 0 amide bonds. The third-order valence-corrected chi connectivity index (χ3v) is 8.12. The molecule has 1 N–H and O–H groups in total. The highest BCUT2D eigenvalue weighted by atomic mass is 16.5. The highest BCUT2D eigenvalue weighted by molar-refractivity contribution is 5.89. The Morgan fingerprint density at radius 1 is 0.950 bits per heavy atom. The van der Waals surface area contributed by atoms with Gasteiger partial charge in [0.2, 0.25) is 0 Å². The van der Waals surface area contributed by atoms with Crippen molar-refractivity contribution in [2.24, 2.45) is 5.92 Å². The van der Waals surface area contributed by atoms with Gasteiger partial charge in [0.25, 0.3) is 0 Å². The Labute approximate surface area is 241 Å². The summed E-state index contributed by atoms with van der Waals surface area (Å²) in [6.45, 7) is 18.0. The number of esters is 1. The first-order chi connectivity index (χ1) is 19.1. The maximum atomic E-state index is 11.9. The lowest BCUT2D eigenvalue weighted by atomic mass is 9.96. The highest BCUT2D eigenvalue weighted by Crippen LogP contribution is 2.24. The second-order valence-electron chi connectivity index (χ2n) is 12.5. The van der Waals surface area contributed by atoms with Gasteiger partial charge in [-0.1, -0.05) is 24.3 Å². The van der Waals surface area contributed by atoms with Gasteiger partial charge in [0.05, 0.1) is 24.4 Å². The quantitative estimate of drug-likeness (QED) is 0.402. The number of carbonyl (C=O) groups excluding carboxylic acids is 1. The number of likely N-dealkylation sites (tertiary alicyclic amines) is 1. The zero-order valence-corrected chi connectivity index (χ0v) is 25.1. The van der Waals surface area contributed by atoms with E-state index in [0.717, 1.165) is 71.0 Å². The first kappa shape index (κ1) is 30.5. The third-order valence-electron chi connectivity index (χ3n) is 8.12. The molecule has 0 aromatic heterocycles. The van der Waals surface area contributed by atoms with Gasteiger partial charge in [-0.25, -0.2) is 4.79 Å². The average Bonchev–Trinajstić information content (AvgIpc) is 2.90. The van der Waals surface area contributed by atoms with Crippen molar-refractivity contribution in [3.63, 3.8) is 0 Å². The van der Waals surface area contributed by atoms with Gasteiger partial charge in [0.15, 0.2) is 0 Å². The predicted molar refractivity (Wildman–Crippen MR) is 160 cm³/mol. The van der Waals surface area contributed by atoms with E-state index in [1.54, 1.807) is 0 Å². The molecule has 2 aromatic rings. The standard InChI is InChI=1S/C33H49N3O4/c1-6-39-32(37)30-12-10-27(11-13-30)21-35-19-25(2)36(26(3)20-35)22-29-8-7-9-31(18-29)40-23-28-14-16-34(17-15-28)24-33(4,5)38/h7-13,18,25-26,28,38H,6,14-17,19-24H2,1-5H3/t25-,26+. The van der Waals surface area contributed by atoms with Gasteiger partial charge in [0, 0.05) is 44.8 Å². The zero-order valence-electron chi connectivity index (χ0n) is 25.1. The predicted octanol–water partition coefficient (Wildman–Crippen LogP) is 4.82. The zero-order chi connectivity index (χ0) is 28.7. The SMILES string of the molecule is CCOC(=O)c1ccc(CN2C[C@@H](C)N(Cc3cccc(OCC4CCN(CC(C)(C)O)CC4)c3)[C@@H](C)C2)cc1. The van der Waals surface area contributed by atoms with Crippen LogP contribution < -0.4 is 4.74 Å². The molecule has 7 heteroatoms. The average molecular weight is 552 g/mol. The van der Waals surface area contributed by atoms with Crippen LogP contribution in [0.3, 0.4) is 0 Å². The molecule has 2 aromatic carbocycles. The minimum atomic E-state index is -0.635. The van der Waals surface area contributed by atoms with Gasteiger partial charge in [-0.2, -0.15) is 0 Å². The summed E-state index contributed by atoms with van der Waals surface area (Å²) >= 11 is 0. The lowest BCUT2D eigenvalue weighted by Gasteiger charge is -2.44. The van der Waals surface area contributed by atoms with E-state index < -0.39 is 5.60 Å². The van der Waals surface area contributed by atoms with Crippen molar-refractivity contribution < 1.29 is 19.4 Å². The number of benzene rings is 2. The van der Waals surface area contributed by atoms with Crippen LogP contribution in [0.25, 0.3) is 0 Å². The fourth-order valence-corrected chi connectivity index (χ4v) is 6.14. The molecule has 4 rings (SSSR count). The van der Waals surface area contributed by atoms with E-state index in [4.69, 9.17) is 9.47 Å². The topological polar surface area (TPSA) is 65.5 Å². The molecule has 2 aliphatic heterocycles. The molecular weight excluding hydrogens is 502 g/mol. The summed E-state index contributed by atoms with van der Waals surface area (Å²) in [6, 6.07) is 17.3. The minimum Gasteiger partial charge on any atom is -0.493 e. The number of aliphatic hydroxyl groups is 1. The minimum absolute atomic E-state index is 0.261. The molecule has 0 unspecified atom stereocenters. The van der Waals surface area contributed by atoms with Crippen molar-refractivity contribution in [1.29, 1.82) is 0 Å². The van der Waals surface area contributed by atoms with Gasteiger partial charge >= 0.3 is 5.97 Å². The second kappa shape index (κ2) is 13.9. The fraction of sp³-hybridized carbons (Fsp3) is 0.606. The Hall–Kier alpha value is -2.45. The van der Waals surface area contributed by atoms with Crippen molar-refractivity contribution in [3.8, 4) is 5.75 Å². The summed E-state index contributed by atoms with van der Waals surface area (Å²) in [5, 5.41) is 10.1. The van der Waals surface area contributed by atoms with Crippen molar-refractivity contribution >= 4 is 5.97 Å². The third kappa shape index (κ3) is 9.03. The number of ether oxygens (including phenoxy) is 2. The molecule has 0 aliphatic carbocycles. The molecule has 0 saturated carbocycles. The maximum absolute atomic E-state index is 11.9. The largest absolute Gasteiger partial charge is 0.493 e. The number of hydrogen-bond donors (Lipinski definition) is 1. The lowest BCUT2D eigenvalue weighted by molar-refractivity contribution is 0.0211. The summed E-state index contributed by atoms with van der Waals surface area (Å²) in [4.78, 5) is 19.4. The van der Waals surface area contributed by atoms with Gasteiger partial charge in [0.1, 0.15) is 5.75 Å². The van der Waals surface area contributed by atoms with Crippen LogP contribution in [0.15, 0.2) is 48.5 Å². The van der Waals surface area contributed by atoms with E-state index in [0.29, 0.717) is 30.2 Å². The lowest BCUT2D eigenvalue weighted by Crippen LogP contribution is -2.55. The summed E-state index contributed by atoms with van der Waals surface area (Å²) in [5.74, 6) is 1.26. The van der Waals surface area contributed by atoms with E-state index >= 15 is 0 Å². The number of β-amino-alcohol motifs (C(OH)–C–C–N with tert-alkyl or cyclic N) is 1. The van der Waals surface area contributed by atoms with E-state index in [1.807, 2.05) is 45.0 Å². The van der Waals surface area contributed by atoms with Crippen LogP contribution in [-0.2, 0) is 17.8 Å². The molecule has 220 valence electrons. The monoisotopic (exact) mass is 551 g/mol. The van der Waals surface area contributed by atoms with Gasteiger partial charge in [-0.05, 0) is 102 Å². The van der Waals surface area contributed by atoms with E-state index in [-0.39, 0.29) is 5.97 Å². The van der Waals surface area contributed by atoms with E-state index in [1.165, 1.54) is 11.1 Å². The Morgan fingerprint density at radius 2 is 1.62 bits per heavy atom. The molecule has 0 spiro atoms. The summed E-state index contributed by atoms with van der Waals surface area (Å²) in [7, 11) is 0. The second-order valence-corrected chi connectivity index (χ2v) is 12.5. The van der Waals surface area contributed by atoms with Gasteiger partial charge < -0.3 is 19.5 Å². The number of nitrogens with zero attached hydrogens (tertiary/aromatic N) is 3. The number of hydrogen-bond acceptors (Lipinski definition) is 7. The summed E-state index contributed by atoms with van der Waals surface area (Å²) in [6.07, 6.45) is 2.23. The van der Waals surface area contributed by atoms with Crippen LogP contribution in [-0.4, -0.2) is 89.4 Å². The van der Waals surface area contributed by atoms with Gasteiger partial charge in [-0.15, -0.1) is 0 Å². The van der Waals surface area contributed by atoms with Crippen LogP contribution >= 0.6 is 0 Å². The summed E-state index contributed by atoms with van der Waals surface area (Å²) < 4.78 is 11.4. The van der Waals surface area contributed by atoms with Crippen molar-refractivity contribution in [3.05, 3.63) is 65.2 Å². The smallest absolute Gasteiger partial charge is 0.338 e. The molecule has 2 fully saturated rings. The molecule has 0 bridgehead atoms. The Kier molecular flexibility index (Phi) is 10.6. The Bertz CT molecular complexity index is 1060. The first-order valence-corrected chi connectivity index (χ1v) is 15.0. The maximum Gasteiger partial charge on any atom is 0.338 e. The van der Waals surface area contributed by atoms with Crippen molar-refractivity contribution in [1.82, 2.24) is 14.7 Å². The molecule has 7 nitrogen and oxygen atoms in total. The molecule has 2 atom stereocenters. The highest BCUT2D eigenvalue weighted by Gasteiger charge is 2.29. The number of carbonyl (C=O) groups is 1. The van der Waals surface area contributed by atoms with Crippen LogP contribution in [0.4, 0.5) is 0 Å². The van der Waals surface area contributed by atoms with Crippen molar-refractivity contribution in [2.75, 3.05) is 45.9 Å². The van der Waals surface area contributed by atoms with Crippen LogP contribution in [0, 0.1) is 5.92 Å². The van der Waals surface area contributed by atoms with Crippen LogP contribution in [0.2, 0.25) is 0 Å². The van der Waals surface area contributed by atoms with Crippen LogP contribution in [0.1, 0.15) is 68.9 Å². The molecular formula is C33H49N3O4. The fourth-order valence-electron chi connectivity index (χ4n) is 6.14. The van der Waals surface area contributed by atoms with E-state index in [9.17, 15) is 9.90 Å². The number of rotatable bonds is 11. The molecule has 2 heterocycles. The first-order valence-electron chi connectivity index (χ1n) is 15.0. The van der Waals surface area contributed by atoms with Crippen molar-refractivity contribution in [2.45, 2.75) is 78.2 Å². The van der Waals surface area contributed by atoms with E-state index in [2.05, 4.69) is 52.8 Å². The normalized spacial score (nSPS) is 21.9. The van der Waals surface area contributed by atoms with Gasteiger partial charge in [-0.3, -0.25) is 9.80 Å². The molecule has 0 radical (unpaired) electrons. The Balaban J connectivity index is 1.24. The van der Waals surface area contributed by atoms with Crippen LogP contribution in [0.5, 0.6) is 5.75 Å². The summed E-state index contributed by atoms with van der Waals surface area (Å²) in [5.41, 5.74) is 2.48. The number of piperazine rings is 1. The molecule has 2 saturated heterocycles.